The molecule has 0 spiro atoms. The molecule has 0 aliphatic carbocycles. The number of carbonyl (C=O) groups is 1. The Balaban J connectivity index is 2.24. The molecule has 2 aromatic rings. The SMILES string of the molecule is O=C(O)c1cc(Cl)cc(Br)c1OCc1ccc(Cl)cc1. The van der Waals surface area contributed by atoms with Crippen LogP contribution in [0.1, 0.15) is 15.9 Å². The van der Waals surface area contributed by atoms with E-state index in [4.69, 9.17) is 27.9 Å². The third-order valence-corrected chi connectivity index (χ3v) is 3.59. The summed E-state index contributed by atoms with van der Waals surface area (Å²) >= 11 is 14.9. The van der Waals surface area contributed by atoms with E-state index >= 15 is 0 Å². The molecule has 104 valence electrons. The number of rotatable bonds is 4. The van der Waals surface area contributed by atoms with E-state index in [2.05, 4.69) is 15.9 Å². The van der Waals surface area contributed by atoms with E-state index < -0.39 is 5.97 Å². The molecular formula is C14H9BrCl2O3. The van der Waals surface area contributed by atoms with Gasteiger partial charge in [0.2, 0.25) is 0 Å². The number of hydrogen-bond donors (Lipinski definition) is 1. The quantitative estimate of drug-likeness (QED) is 0.814. The molecule has 0 saturated carbocycles. The Morgan fingerprint density at radius 1 is 1.15 bits per heavy atom. The van der Waals surface area contributed by atoms with Crippen molar-refractivity contribution in [2.24, 2.45) is 0 Å². The lowest BCUT2D eigenvalue weighted by atomic mass is 10.2. The third-order valence-electron chi connectivity index (χ3n) is 2.54. The molecule has 0 aliphatic heterocycles. The van der Waals surface area contributed by atoms with Crippen LogP contribution in [0.15, 0.2) is 40.9 Å². The number of aromatic carboxylic acids is 1. The summed E-state index contributed by atoms with van der Waals surface area (Å²) in [6.45, 7) is 0.234. The maximum absolute atomic E-state index is 11.2. The van der Waals surface area contributed by atoms with Gasteiger partial charge in [0.05, 0.1) is 4.47 Å². The number of carboxylic acids is 1. The van der Waals surface area contributed by atoms with Crippen LogP contribution in [-0.4, -0.2) is 11.1 Å². The van der Waals surface area contributed by atoms with Crippen molar-refractivity contribution in [1.82, 2.24) is 0 Å². The molecule has 6 heteroatoms. The number of hydrogen-bond acceptors (Lipinski definition) is 2. The van der Waals surface area contributed by atoms with Crippen molar-refractivity contribution in [2.45, 2.75) is 6.61 Å². The average Bonchev–Trinajstić information content (AvgIpc) is 2.38. The average molecular weight is 376 g/mol. The van der Waals surface area contributed by atoms with Crippen molar-refractivity contribution >= 4 is 45.1 Å². The van der Waals surface area contributed by atoms with Crippen LogP contribution in [0, 0.1) is 0 Å². The summed E-state index contributed by atoms with van der Waals surface area (Å²) < 4.78 is 6.08. The van der Waals surface area contributed by atoms with Gasteiger partial charge in [0.25, 0.3) is 0 Å². The second-order valence-electron chi connectivity index (χ2n) is 3.98. The van der Waals surface area contributed by atoms with Gasteiger partial charge < -0.3 is 9.84 Å². The van der Waals surface area contributed by atoms with E-state index in [0.29, 0.717) is 14.5 Å². The summed E-state index contributed by atoms with van der Waals surface area (Å²) in [4.78, 5) is 11.2. The van der Waals surface area contributed by atoms with Crippen molar-refractivity contribution in [3.05, 3.63) is 62.0 Å². The molecule has 0 saturated heterocycles. The maximum Gasteiger partial charge on any atom is 0.339 e. The molecule has 0 fully saturated rings. The monoisotopic (exact) mass is 374 g/mol. The maximum atomic E-state index is 11.2. The molecule has 2 aromatic carbocycles. The van der Waals surface area contributed by atoms with E-state index in [-0.39, 0.29) is 17.9 Å². The van der Waals surface area contributed by atoms with Crippen LogP contribution in [-0.2, 0) is 6.61 Å². The Morgan fingerprint density at radius 3 is 2.40 bits per heavy atom. The van der Waals surface area contributed by atoms with Gasteiger partial charge in [0, 0.05) is 10.0 Å². The van der Waals surface area contributed by atoms with Crippen molar-refractivity contribution in [2.75, 3.05) is 0 Å². The molecule has 3 nitrogen and oxygen atoms in total. The van der Waals surface area contributed by atoms with Gasteiger partial charge in [-0.2, -0.15) is 0 Å². The van der Waals surface area contributed by atoms with Gasteiger partial charge >= 0.3 is 5.97 Å². The predicted octanol–water partition coefficient (Wildman–Crippen LogP) is 5.03. The molecule has 0 atom stereocenters. The Hall–Kier alpha value is -1.23. The molecule has 20 heavy (non-hydrogen) atoms. The molecule has 0 radical (unpaired) electrons. The molecule has 0 unspecified atom stereocenters. The minimum absolute atomic E-state index is 0.0124. The van der Waals surface area contributed by atoms with Gasteiger partial charge in [-0.25, -0.2) is 4.79 Å². The van der Waals surface area contributed by atoms with E-state index in [1.54, 1.807) is 18.2 Å². The first kappa shape index (κ1) is 15.2. The van der Waals surface area contributed by atoms with Crippen LogP contribution < -0.4 is 4.74 Å². The van der Waals surface area contributed by atoms with E-state index in [9.17, 15) is 9.90 Å². The first-order valence-corrected chi connectivity index (χ1v) is 7.12. The number of ether oxygens (including phenoxy) is 1. The van der Waals surface area contributed by atoms with Crippen molar-refractivity contribution in [3.63, 3.8) is 0 Å². The molecule has 0 heterocycles. The second kappa shape index (κ2) is 6.48. The number of halogens is 3. The fourth-order valence-corrected chi connectivity index (χ4v) is 2.65. The van der Waals surface area contributed by atoms with Gasteiger partial charge in [-0.15, -0.1) is 0 Å². The zero-order valence-electron chi connectivity index (χ0n) is 10.1. The smallest absolute Gasteiger partial charge is 0.339 e. The van der Waals surface area contributed by atoms with Gasteiger partial charge in [-0.3, -0.25) is 0 Å². The van der Waals surface area contributed by atoms with E-state index in [0.717, 1.165) is 5.56 Å². The Labute approximate surface area is 134 Å². The van der Waals surface area contributed by atoms with Crippen molar-refractivity contribution in [1.29, 1.82) is 0 Å². The van der Waals surface area contributed by atoms with Crippen LogP contribution in [0.2, 0.25) is 10.0 Å². The minimum Gasteiger partial charge on any atom is -0.487 e. The largest absolute Gasteiger partial charge is 0.487 e. The highest BCUT2D eigenvalue weighted by molar-refractivity contribution is 9.10. The summed E-state index contributed by atoms with van der Waals surface area (Å²) in [5, 5.41) is 10.1. The van der Waals surface area contributed by atoms with Crippen LogP contribution in [0.25, 0.3) is 0 Å². The zero-order chi connectivity index (χ0) is 14.7. The van der Waals surface area contributed by atoms with Gasteiger partial charge in [-0.1, -0.05) is 35.3 Å². The fourth-order valence-electron chi connectivity index (χ4n) is 1.60. The molecule has 0 aliphatic rings. The van der Waals surface area contributed by atoms with Crippen LogP contribution >= 0.6 is 39.1 Å². The fraction of sp³-hybridized carbons (Fsp3) is 0.0714. The van der Waals surface area contributed by atoms with Gasteiger partial charge in [0.15, 0.2) is 0 Å². The third kappa shape index (κ3) is 3.66. The Kier molecular flexibility index (Phi) is 4.91. The van der Waals surface area contributed by atoms with Crippen molar-refractivity contribution in [3.8, 4) is 5.75 Å². The van der Waals surface area contributed by atoms with Crippen molar-refractivity contribution < 1.29 is 14.6 Å². The highest BCUT2D eigenvalue weighted by atomic mass is 79.9. The van der Waals surface area contributed by atoms with Gasteiger partial charge in [0.1, 0.15) is 17.9 Å². The Morgan fingerprint density at radius 2 is 1.80 bits per heavy atom. The lowest BCUT2D eigenvalue weighted by Crippen LogP contribution is -2.04. The van der Waals surface area contributed by atoms with Crippen LogP contribution in [0.5, 0.6) is 5.75 Å². The highest BCUT2D eigenvalue weighted by Crippen LogP contribution is 2.33. The lowest BCUT2D eigenvalue weighted by Gasteiger charge is -2.12. The molecule has 1 N–H and O–H groups in total. The van der Waals surface area contributed by atoms with Gasteiger partial charge in [-0.05, 0) is 45.8 Å². The van der Waals surface area contributed by atoms with E-state index in [1.165, 1.54) is 6.07 Å². The topological polar surface area (TPSA) is 46.5 Å². The first-order chi connectivity index (χ1) is 9.47. The molecule has 0 bridgehead atoms. The Bertz CT molecular complexity index is 642. The normalized spacial score (nSPS) is 10.3. The lowest BCUT2D eigenvalue weighted by molar-refractivity contribution is 0.0691. The summed E-state index contributed by atoms with van der Waals surface area (Å²) in [6, 6.07) is 10.1. The summed E-state index contributed by atoms with van der Waals surface area (Å²) in [5.41, 5.74) is 0.894. The van der Waals surface area contributed by atoms with Crippen LogP contribution in [0.4, 0.5) is 0 Å². The number of benzene rings is 2. The minimum atomic E-state index is -1.10. The first-order valence-electron chi connectivity index (χ1n) is 5.57. The summed E-state index contributed by atoms with van der Waals surface area (Å²) in [7, 11) is 0. The molecule has 0 aromatic heterocycles. The number of carboxylic acid groups (broad SMARTS) is 1. The molecular weight excluding hydrogens is 367 g/mol. The predicted molar refractivity (Wildman–Crippen MR) is 81.9 cm³/mol. The standard InChI is InChI=1S/C14H9BrCl2O3/c15-12-6-10(17)5-11(14(18)19)13(12)20-7-8-1-3-9(16)4-2-8/h1-6H,7H2,(H,18,19). The summed E-state index contributed by atoms with van der Waals surface area (Å²) in [6.07, 6.45) is 0. The van der Waals surface area contributed by atoms with Crippen LogP contribution in [0.3, 0.4) is 0 Å². The summed E-state index contributed by atoms with van der Waals surface area (Å²) in [5.74, 6) is -0.851. The van der Waals surface area contributed by atoms with E-state index in [1.807, 2.05) is 12.1 Å². The second-order valence-corrected chi connectivity index (χ2v) is 5.71. The highest BCUT2D eigenvalue weighted by Gasteiger charge is 2.16. The molecule has 0 amide bonds. The molecule has 2 rings (SSSR count). The zero-order valence-corrected chi connectivity index (χ0v) is 13.2.